The number of benzene rings is 1. The van der Waals surface area contributed by atoms with Crippen LogP contribution in [0.15, 0.2) is 22.7 Å². The third-order valence-electron chi connectivity index (χ3n) is 2.47. The third-order valence-corrected chi connectivity index (χ3v) is 2.96. The molecule has 0 atom stereocenters. The van der Waals surface area contributed by atoms with Gasteiger partial charge in [-0.25, -0.2) is 0 Å². The van der Waals surface area contributed by atoms with Gasteiger partial charge in [-0.15, -0.1) is 0 Å². The van der Waals surface area contributed by atoms with E-state index in [1.165, 1.54) is 6.92 Å². The number of hydrogen-bond acceptors (Lipinski definition) is 2. The van der Waals surface area contributed by atoms with E-state index in [9.17, 15) is 9.59 Å². The lowest BCUT2D eigenvalue weighted by Crippen LogP contribution is -2.29. The van der Waals surface area contributed by atoms with Gasteiger partial charge in [-0.05, 0) is 18.2 Å². The molecule has 0 fully saturated rings. The molecular formula is C11H11BrN2O2. The van der Waals surface area contributed by atoms with Crippen LogP contribution >= 0.6 is 15.9 Å². The minimum atomic E-state index is -0.0666. The van der Waals surface area contributed by atoms with Crippen molar-refractivity contribution in [3.05, 3.63) is 22.7 Å². The Morgan fingerprint density at radius 2 is 2.25 bits per heavy atom. The van der Waals surface area contributed by atoms with Gasteiger partial charge in [0.25, 0.3) is 0 Å². The normalized spacial score (nSPS) is 15.1. The van der Waals surface area contributed by atoms with Crippen molar-refractivity contribution in [3.63, 3.8) is 0 Å². The lowest BCUT2D eigenvalue weighted by atomic mass is 10.2. The first-order valence-corrected chi connectivity index (χ1v) is 5.75. The van der Waals surface area contributed by atoms with Gasteiger partial charge in [0.05, 0.1) is 11.4 Å². The van der Waals surface area contributed by atoms with Crippen LogP contribution in [0.2, 0.25) is 0 Å². The topological polar surface area (TPSA) is 49.4 Å². The van der Waals surface area contributed by atoms with Gasteiger partial charge in [-0.1, -0.05) is 15.9 Å². The smallest absolute Gasteiger partial charge is 0.226 e. The van der Waals surface area contributed by atoms with E-state index < -0.39 is 0 Å². The Labute approximate surface area is 102 Å². The van der Waals surface area contributed by atoms with Gasteiger partial charge in [0, 0.05) is 24.4 Å². The summed E-state index contributed by atoms with van der Waals surface area (Å²) in [5, 5.41) is 2.79. The van der Waals surface area contributed by atoms with Crippen LogP contribution < -0.4 is 10.2 Å². The summed E-state index contributed by atoms with van der Waals surface area (Å²) in [7, 11) is 0. The number of carbonyl (C=O) groups is 2. The minimum Gasteiger partial charge on any atom is -0.324 e. The lowest BCUT2D eigenvalue weighted by Gasteiger charge is -2.20. The van der Waals surface area contributed by atoms with Crippen LogP contribution in [0.5, 0.6) is 0 Å². The summed E-state index contributed by atoms with van der Waals surface area (Å²) in [6.45, 7) is 1.93. The van der Waals surface area contributed by atoms with Crippen molar-refractivity contribution in [2.45, 2.75) is 13.3 Å². The van der Waals surface area contributed by atoms with Crippen LogP contribution in [0.4, 0.5) is 11.4 Å². The molecule has 1 aliphatic rings. The Morgan fingerprint density at radius 3 is 2.94 bits per heavy atom. The van der Waals surface area contributed by atoms with Crippen LogP contribution in [0.3, 0.4) is 0 Å². The number of nitrogens with zero attached hydrogens (tertiary/aromatic N) is 1. The summed E-state index contributed by atoms with van der Waals surface area (Å²) >= 11 is 3.34. The third kappa shape index (κ3) is 2.09. The van der Waals surface area contributed by atoms with Crippen molar-refractivity contribution in [2.24, 2.45) is 0 Å². The molecular weight excluding hydrogens is 272 g/mol. The van der Waals surface area contributed by atoms with Crippen molar-refractivity contribution in [1.82, 2.24) is 0 Å². The molecule has 1 aliphatic heterocycles. The molecule has 4 nitrogen and oxygen atoms in total. The molecule has 84 valence electrons. The standard InChI is InChI=1S/C11H11BrN2O2/c1-7(15)14-5-4-11(16)13-9-6-8(12)2-3-10(9)14/h2-3,6H,4-5H2,1H3,(H,13,16). The Hall–Kier alpha value is -1.36. The fraction of sp³-hybridized carbons (Fsp3) is 0.273. The summed E-state index contributed by atoms with van der Waals surface area (Å²) in [4.78, 5) is 24.6. The molecule has 0 radical (unpaired) electrons. The molecule has 0 saturated carbocycles. The van der Waals surface area contributed by atoms with E-state index in [0.717, 1.165) is 10.2 Å². The number of nitrogens with one attached hydrogen (secondary N) is 1. The first kappa shape index (κ1) is 11.1. The number of hydrogen-bond donors (Lipinski definition) is 1. The molecule has 1 N–H and O–H groups in total. The number of halogens is 1. The Balaban J connectivity index is 2.50. The highest BCUT2D eigenvalue weighted by molar-refractivity contribution is 9.10. The van der Waals surface area contributed by atoms with Gasteiger partial charge in [0.1, 0.15) is 0 Å². The quantitative estimate of drug-likeness (QED) is 0.793. The Kier molecular flexibility index (Phi) is 2.96. The molecule has 1 aromatic carbocycles. The van der Waals surface area contributed by atoms with Gasteiger partial charge < -0.3 is 10.2 Å². The van der Waals surface area contributed by atoms with Crippen LogP contribution in [-0.4, -0.2) is 18.4 Å². The zero-order valence-corrected chi connectivity index (χ0v) is 10.4. The summed E-state index contributed by atoms with van der Waals surface area (Å²) in [5.41, 5.74) is 1.42. The van der Waals surface area contributed by atoms with E-state index in [2.05, 4.69) is 21.2 Å². The van der Waals surface area contributed by atoms with Gasteiger partial charge >= 0.3 is 0 Å². The highest BCUT2D eigenvalue weighted by atomic mass is 79.9. The van der Waals surface area contributed by atoms with Crippen LogP contribution in [-0.2, 0) is 9.59 Å². The molecule has 5 heteroatoms. The maximum atomic E-state index is 11.5. The molecule has 0 aromatic heterocycles. The molecule has 1 aromatic rings. The predicted octanol–water partition coefficient (Wildman–Crippen LogP) is 2.14. The number of carbonyl (C=O) groups excluding carboxylic acids is 2. The lowest BCUT2D eigenvalue weighted by molar-refractivity contribution is -0.117. The summed E-state index contributed by atoms with van der Waals surface area (Å²) in [6, 6.07) is 5.48. The molecule has 16 heavy (non-hydrogen) atoms. The average Bonchev–Trinajstić information content (AvgIpc) is 2.35. The molecule has 2 amide bonds. The Bertz CT molecular complexity index is 459. The zero-order valence-electron chi connectivity index (χ0n) is 8.79. The molecule has 0 aliphatic carbocycles. The van der Waals surface area contributed by atoms with Crippen molar-refractivity contribution in [2.75, 3.05) is 16.8 Å². The second kappa shape index (κ2) is 4.25. The summed E-state index contributed by atoms with van der Waals surface area (Å²) in [5.74, 6) is -0.122. The molecule has 0 saturated heterocycles. The molecule has 0 bridgehead atoms. The SMILES string of the molecule is CC(=O)N1CCC(=O)Nc2cc(Br)ccc21. The maximum Gasteiger partial charge on any atom is 0.226 e. The van der Waals surface area contributed by atoms with Crippen LogP contribution in [0.25, 0.3) is 0 Å². The maximum absolute atomic E-state index is 11.5. The monoisotopic (exact) mass is 282 g/mol. The largest absolute Gasteiger partial charge is 0.324 e. The van der Waals surface area contributed by atoms with Crippen LogP contribution in [0.1, 0.15) is 13.3 Å². The number of anilines is 2. The fourth-order valence-electron chi connectivity index (χ4n) is 1.72. The summed E-state index contributed by atoms with van der Waals surface area (Å²) in [6.07, 6.45) is 0.325. The molecule has 2 rings (SSSR count). The van der Waals surface area contributed by atoms with Crippen molar-refractivity contribution >= 4 is 39.1 Å². The molecule has 0 unspecified atom stereocenters. The second-order valence-electron chi connectivity index (χ2n) is 3.63. The van der Waals surface area contributed by atoms with Crippen molar-refractivity contribution < 1.29 is 9.59 Å². The second-order valence-corrected chi connectivity index (χ2v) is 4.55. The number of rotatable bonds is 0. The predicted molar refractivity (Wildman–Crippen MR) is 65.4 cm³/mol. The number of fused-ring (bicyclic) bond motifs is 1. The highest BCUT2D eigenvalue weighted by Crippen LogP contribution is 2.31. The van der Waals surface area contributed by atoms with E-state index in [1.54, 1.807) is 11.0 Å². The zero-order chi connectivity index (χ0) is 11.7. The van der Waals surface area contributed by atoms with Crippen molar-refractivity contribution in [1.29, 1.82) is 0 Å². The fourth-order valence-corrected chi connectivity index (χ4v) is 2.08. The summed E-state index contributed by atoms with van der Waals surface area (Å²) < 4.78 is 0.872. The highest BCUT2D eigenvalue weighted by Gasteiger charge is 2.21. The Morgan fingerprint density at radius 1 is 1.50 bits per heavy atom. The van der Waals surface area contributed by atoms with Crippen molar-refractivity contribution in [3.8, 4) is 0 Å². The average molecular weight is 283 g/mol. The molecule has 1 heterocycles. The van der Waals surface area contributed by atoms with Gasteiger partial charge in [0.15, 0.2) is 0 Å². The number of amides is 2. The van der Waals surface area contributed by atoms with Gasteiger partial charge in [0.2, 0.25) is 11.8 Å². The first-order valence-electron chi connectivity index (χ1n) is 4.95. The van der Waals surface area contributed by atoms with E-state index >= 15 is 0 Å². The molecule has 0 spiro atoms. The van der Waals surface area contributed by atoms with E-state index in [4.69, 9.17) is 0 Å². The minimum absolute atomic E-state index is 0.0555. The van der Waals surface area contributed by atoms with Gasteiger partial charge in [-0.2, -0.15) is 0 Å². The van der Waals surface area contributed by atoms with Gasteiger partial charge in [-0.3, -0.25) is 9.59 Å². The van der Waals surface area contributed by atoms with E-state index in [1.807, 2.05) is 12.1 Å². The van der Waals surface area contributed by atoms with E-state index in [-0.39, 0.29) is 11.8 Å². The van der Waals surface area contributed by atoms with Crippen LogP contribution in [0, 0.1) is 0 Å². The van der Waals surface area contributed by atoms with E-state index in [0.29, 0.717) is 18.7 Å². The first-order chi connectivity index (χ1) is 7.58.